The smallest absolute Gasteiger partial charge is 0.240 e. The van der Waals surface area contributed by atoms with Gasteiger partial charge in [0.2, 0.25) is 15.9 Å². The Balaban J connectivity index is 2.75. The Morgan fingerprint density at radius 2 is 1.61 bits per heavy atom. The van der Waals surface area contributed by atoms with Crippen molar-refractivity contribution < 1.29 is 13.2 Å². The molecule has 0 fully saturated rings. The highest BCUT2D eigenvalue weighted by Crippen LogP contribution is 2.20. The van der Waals surface area contributed by atoms with Gasteiger partial charge in [-0.3, -0.25) is 9.52 Å². The van der Waals surface area contributed by atoms with Gasteiger partial charge >= 0.3 is 0 Å². The molecule has 0 atom stereocenters. The molecule has 1 aromatic carbocycles. The first-order chi connectivity index (χ1) is 8.08. The Labute approximate surface area is 115 Å². The van der Waals surface area contributed by atoms with Crippen LogP contribution in [0.1, 0.15) is 13.8 Å². The molecule has 0 aliphatic rings. The summed E-state index contributed by atoms with van der Waals surface area (Å²) in [4.78, 5) is 11.7. The van der Waals surface area contributed by atoms with Crippen molar-refractivity contribution in [2.24, 2.45) is 0 Å². The fourth-order valence-electron chi connectivity index (χ4n) is 1.12. The largest absolute Gasteiger partial charge is 0.325 e. The van der Waals surface area contributed by atoms with E-state index in [1.54, 1.807) is 38.1 Å². The molecule has 0 aliphatic carbocycles. The van der Waals surface area contributed by atoms with Crippen molar-refractivity contribution in [3.8, 4) is 0 Å². The number of hydrogen-bond acceptors (Lipinski definition) is 3. The van der Waals surface area contributed by atoms with Gasteiger partial charge in [0.05, 0.1) is 10.6 Å². The molecule has 7 heteroatoms. The zero-order valence-corrected chi connectivity index (χ0v) is 12.7. The minimum absolute atomic E-state index is 0.175. The summed E-state index contributed by atoms with van der Waals surface area (Å²) in [5, 5.41) is 2.71. The molecule has 0 saturated carbocycles. The minimum Gasteiger partial charge on any atom is -0.325 e. The van der Waals surface area contributed by atoms with Crippen LogP contribution in [0, 0.1) is 0 Å². The Hall–Kier alpha value is -1.08. The van der Waals surface area contributed by atoms with Crippen molar-refractivity contribution in [2.75, 3.05) is 16.3 Å². The molecule has 0 aromatic heterocycles. The molecule has 100 valence electrons. The standard InChI is InChI=1S/C11H15BrN2O3S/c1-11(2,12)10(15)13-8-4-6-9(7-5-8)14-18(3,16)17/h4-7,14H,1-3H3,(H,13,15). The number of halogens is 1. The second kappa shape index (κ2) is 5.27. The molecule has 0 saturated heterocycles. The van der Waals surface area contributed by atoms with Crippen LogP contribution < -0.4 is 10.0 Å². The van der Waals surface area contributed by atoms with Gasteiger partial charge in [-0.1, -0.05) is 15.9 Å². The molecule has 1 amide bonds. The maximum absolute atomic E-state index is 11.7. The molecule has 0 unspecified atom stereocenters. The molecule has 2 N–H and O–H groups in total. The lowest BCUT2D eigenvalue weighted by Crippen LogP contribution is -2.30. The normalized spacial score (nSPS) is 12.0. The van der Waals surface area contributed by atoms with Gasteiger partial charge in [-0.25, -0.2) is 8.42 Å². The van der Waals surface area contributed by atoms with E-state index >= 15 is 0 Å². The first-order valence-corrected chi connectivity index (χ1v) is 7.84. The van der Waals surface area contributed by atoms with Gasteiger partial charge in [0, 0.05) is 11.4 Å². The molecule has 5 nitrogen and oxygen atoms in total. The van der Waals surface area contributed by atoms with Crippen LogP contribution in [0.4, 0.5) is 11.4 Å². The summed E-state index contributed by atoms with van der Waals surface area (Å²) >= 11 is 3.25. The molecule has 0 aliphatic heterocycles. The Bertz CT molecular complexity index is 532. The van der Waals surface area contributed by atoms with Crippen molar-refractivity contribution in [2.45, 2.75) is 18.2 Å². The fraction of sp³-hybridized carbons (Fsp3) is 0.364. The summed E-state index contributed by atoms with van der Waals surface area (Å²) in [5.41, 5.74) is 1.06. The third kappa shape index (κ3) is 5.05. The number of nitrogens with one attached hydrogen (secondary N) is 2. The fourth-order valence-corrected chi connectivity index (χ4v) is 1.78. The number of benzene rings is 1. The lowest BCUT2D eigenvalue weighted by atomic mass is 10.2. The van der Waals surface area contributed by atoms with Gasteiger partial charge in [-0.2, -0.15) is 0 Å². The number of carbonyl (C=O) groups excluding carboxylic acids is 1. The van der Waals surface area contributed by atoms with E-state index < -0.39 is 14.3 Å². The second-order valence-electron chi connectivity index (χ2n) is 4.38. The number of rotatable bonds is 4. The zero-order valence-electron chi connectivity index (χ0n) is 10.3. The number of anilines is 2. The van der Waals surface area contributed by atoms with E-state index in [2.05, 4.69) is 26.0 Å². The third-order valence-electron chi connectivity index (χ3n) is 1.99. The Kier molecular flexibility index (Phi) is 4.39. The SMILES string of the molecule is CC(C)(Br)C(=O)Nc1ccc(NS(C)(=O)=O)cc1. The first-order valence-electron chi connectivity index (χ1n) is 5.16. The van der Waals surface area contributed by atoms with E-state index in [0.29, 0.717) is 11.4 Å². The van der Waals surface area contributed by atoms with Crippen LogP contribution in [-0.4, -0.2) is 24.9 Å². The maximum Gasteiger partial charge on any atom is 0.240 e. The van der Waals surface area contributed by atoms with Crippen molar-refractivity contribution in [3.63, 3.8) is 0 Å². The maximum atomic E-state index is 11.7. The molecule has 1 rings (SSSR count). The summed E-state index contributed by atoms with van der Waals surface area (Å²) in [6.07, 6.45) is 1.08. The number of carbonyl (C=O) groups is 1. The average Bonchev–Trinajstić information content (AvgIpc) is 2.17. The van der Waals surface area contributed by atoms with E-state index in [4.69, 9.17) is 0 Å². The van der Waals surface area contributed by atoms with Gasteiger partial charge in [0.15, 0.2) is 0 Å². The molecular formula is C11H15BrN2O3S. The van der Waals surface area contributed by atoms with Crippen LogP contribution in [0.25, 0.3) is 0 Å². The van der Waals surface area contributed by atoms with Gasteiger partial charge in [0.25, 0.3) is 0 Å². The van der Waals surface area contributed by atoms with Crippen molar-refractivity contribution >= 4 is 43.2 Å². The van der Waals surface area contributed by atoms with Gasteiger partial charge in [-0.05, 0) is 38.1 Å². The van der Waals surface area contributed by atoms with Crippen LogP contribution in [-0.2, 0) is 14.8 Å². The Morgan fingerprint density at radius 3 is 2.00 bits per heavy atom. The monoisotopic (exact) mass is 334 g/mol. The molecule has 0 radical (unpaired) electrons. The van der Waals surface area contributed by atoms with Crippen LogP contribution in [0.2, 0.25) is 0 Å². The van der Waals surface area contributed by atoms with Crippen LogP contribution in [0.5, 0.6) is 0 Å². The predicted octanol–water partition coefficient (Wildman–Crippen LogP) is 2.17. The molecular weight excluding hydrogens is 320 g/mol. The van der Waals surface area contributed by atoms with Crippen LogP contribution in [0.3, 0.4) is 0 Å². The highest BCUT2D eigenvalue weighted by atomic mass is 79.9. The van der Waals surface area contributed by atoms with E-state index in [1.165, 1.54) is 0 Å². The van der Waals surface area contributed by atoms with E-state index in [0.717, 1.165) is 6.26 Å². The lowest BCUT2D eigenvalue weighted by molar-refractivity contribution is -0.117. The van der Waals surface area contributed by atoms with Gasteiger partial charge < -0.3 is 5.32 Å². The minimum atomic E-state index is -3.28. The average molecular weight is 335 g/mol. The summed E-state index contributed by atoms with van der Waals surface area (Å²) in [6, 6.07) is 6.42. The van der Waals surface area contributed by atoms with Crippen LogP contribution >= 0.6 is 15.9 Å². The number of alkyl halides is 1. The van der Waals surface area contributed by atoms with Gasteiger partial charge in [-0.15, -0.1) is 0 Å². The molecule has 1 aromatic rings. The highest BCUT2D eigenvalue weighted by molar-refractivity contribution is 9.10. The third-order valence-corrected chi connectivity index (χ3v) is 2.95. The van der Waals surface area contributed by atoms with Crippen molar-refractivity contribution in [1.29, 1.82) is 0 Å². The number of hydrogen-bond donors (Lipinski definition) is 2. The van der Waals surface area contributed by atoms with E-state index in [9.17, 15) is 13.2 Å². The van der Waals surface area contributed by atoms with E-state index in [1.807, 2.05) is 0 Å². The number of amides is 1. The Morgan fingerprint density at radius 1 is 1.17 bits per heavy atom. The van der Waals surface area contributed by atoms with Crippen LogP contribution in [0.15, 0.2) is 24.3 Å². The summed E-state index contributed by atoms with van der Waals surface area (Å²) in [7, 11) is -3.28. The van der Waals surface area contributed by atoms with Gasteiger partial charge in [0.1, 0.15) is 0 Å². The molecule has 0 spiro atoms. The summed E-state index contributed by atoms with van der Waals surface area (Å²) < 4.78 is 23.7. The first kappa shape index (κ1) is 15.0. The summed E-state index contributed by atoms with van der Waals surface area (Å²) in [5.74, 6) is -0.175. The number of sulfonamides is 1. The molecule has 0 bridgehead atoms. The quantitative estimate of drug-likeness (QED) is 0.828. The highest BCUT2D eigenvalue weighted by Gasteiger charge is 2.23. The lowest BCUT2D eigenvalue weighted by Gasteiger charge is -2.16. The topological polar surface area (TPSA) is 75.3 Å². The molecule has 18 heavy (non-hydrogen) atoms. The van der Waals surface area contributed by atoms with Crippen molar-refractivity contribution in [1.82, 2.24) is 0 Å². The summed E-state index contributed by atoms with van der Waals surface area (Å²) in [6.45, 7) is 3.48. The van der Waals surface area contributed by atoms with E-state index in [-0.39, 0.29) is 5.91 Å². The predicted molar refractivity (Wildman–Crippen MR) is 76.5 cm³/mol. The van der Waals surface area contributed by atoms with Crippen molar-refractivity contribution in [3.05, 3.63) is 24.3 Å². The second-order valence-corrected chi connectivity index (χ2v) is 8.11. The zero-order chi connectivity index (χ0) is 14.0. The molecule has 0 heterocycles.